The molecule has 2 fully saturated rings. The molecule has 2 amide bonds. The molecule has 1 saturated carbocycles. The molecule has 2 atom stereocenters. The van der Waals surface area contributed by atoms with Crippen molar-refractivity contribution in [1.82, 2.24) is 30.7 Å². The van der Waals surface area contributed by atoms with Gasteiger partial charge in [-0.1, -0.05) is 0 Å². The molecule has 0 unspecified atom stereocenters. The van der Waals surface area contributed by atoms with Crippen LogP contribution in [0.3, 0.4) is 0 Å². The van der Waals surface area contributed by atoms with Gasteiger partial charge in [0.1, 0.15) is 5.69 Å². The number of carboxylic acid groups (broad SMARTS) is 1. The summed E-state index contributed by atoms with van der Waals surface area (Å²) < 4.78 is 0. The molecule has 32 heavy (non-hydrogen) atoms. The molecule has 0 spiro atoms. The van der Waals surface area contributed by atoms with Gasteiger partial charge in [0.2, 0.25) is 5.91 Å². The molecule has 2 aromatic heterocycles. The first-order chi connectivity index (χ1) is 15.6. The van der Waals surface area contributed by atoms with E-state index >= 15 is 0 Å². The molecule has 3 heterocycles. The lowest BCUT2D eigenvalue weighted by atomic mass is 10.1. The van der Waals surface area contributed by atoms with Crippen LogP contribution in [0.1, 0.15) is 48.2 Å². The topological polar surface area (TPSA) is 143 Å². The molecule has 1 aliphatic carbocycles. The van der Waals surface area contributed by atoms with Crippen LogP contribution in [0.25, 0.3) is 0 Å². The standard InChI is InChI=1S/C21H30N6O2.CH2O2/c28-20(23-9-7-16-11-25-26-12-16)10-17-5-6-18(27(17)14-15-3-4-15)13-24-21(29)19-2-1-8-22-19;2-1-3/h1-2,8,11-12,15,17-18,22H,3-7,9-10,13-14H2,(H,23,28)(H,24,29)(H,25,26);1H,(H,2,3)/t17-,18+;/m1./s1. The molecule has 1 aliphatic heterocycles. The Labute approximate surface area is 187 Å². The Kier molecular flexibility index (Phi) is 8.85. The van der Waals surface area contributed by atoms with Crippen molar-refractivity contribution in [3.8, 4) is 0 Å². The van der Waals surface area contributed by atoms with Gasteiger partial charge in [0.05, 0.1) is 6.20 Å². The summed E-state index contributed by atoms with van der Waals surface area (Å²) in [6.07, 6.45) is 11.3. The lowest BCUT2D eigenvalue weighted by molar-refractivity contribution is -0.123. The highest BCUT2D eigenvalue weighted by molar-refractivity contribution is 5.92. The summed E-state index contributed by atoms with van der Waals surface area (Å²) in [5.41, 5.74) is 1.68. The zero-order valence-corrected chi connectivity index (χ0v) is 18.1. The average Bonchev–Trinajstić information content (AvgIpc) is 3.18. The minimum absolute atomic E-state index is 0.0678. The molecular weight excluding hydrogens is 412 g/mol. The van der Waals surface area contributed by atoms with Crippen LogP contribution in [0.15, 0.2) is 30.7 Å². The Balaban J connectivity index is 0.000000913. The number of likely N-dealkylation sites (tertiary alicyclic amines) is 1. The normalized spacial score (nSPS) is 20.2. The van der Waals surface area contributed by atoms with Crippen molar-refractivity contribution >= 4 is 18.3 Å². The zero-order valence-electron chi connectivity index (χ0n) is 18.1. The first kappa shape index (κ1) is 23.5. The van der Waals surface area contributed by atoms with Crippen molar-refractivity contribution in [2.45, 2.75) is 50.6 Å². The number of carbonyl (C=O) groups excluding carboxylic acids is 2. The summed E-state index contributed by atoms with van der Waals surface area (Å²) in [4.78, 5) is 38.5. The predicted octanol–water partition coefficient (Wildman–Crippen LogP) is 1.16. The van der Waals surface area contributed by atoms with Crippen LogP contribution in [0, 0.1) is 5.92 Å². The molecule has 0 bridgehead atoms. The molecule has 174 valence electrons. The maximum absolute atomic E-state index is 12.5. The number of carbonyl (C=O) groups is 3. The zero-order chi connectivity index (χ0) is 22.8. The van der Waals surface area contributed by atoms with Gasteiger partial charge in [-0.2, -0.15) is 5.10 Å². The Morgan fingerprint density at radius 2 is 2.00 bits per heavy atom. The number of nitrogens with one attached hydrogen (secondary N) is 4. The molecule has 1 saturated heterocycles. The predicted molar refractivity (Wildman–Crippen MR) is 118 cm³/mol. The van der Waals surface area contributed by atoms with Gasteiger partial charge in [-0.3, -0.25) is 24.4 Å². The summed E-state index contributed by atoms with van der Waals surface area (Å²) in [5.74, 6) is 0.790. The van der Waals surface area contributed by atoms with Gasteiger partial charge < -0.3 is 20.7 Å². The maximum Gasteiger partial charge on any atom is 0.290 e. The Morgan fingerprint density at radius 1 is 1.22 bits per heavy atom. The van der Waals surface area contributed by atoms with E-state index in [1.807, 2.05) is 12.3 Å². The van der Waals surface area contributed by atoms with E-state index in [-0.39, 0.29) is 24.3 Å². The number of hydrogen-bond donors (Lipinski definition) is 5. The van der Waals surface area contributed by atoms with Gasteiger partial charge in [-0.05, 0) is 55.7 Å². The summed E-state index contributed by atoms with van der Waals surface area (Å²) in [7, 11) is 0. The number of nitrogens with zero attached hydrogens (tertiary/aromatic N) is 2. The second-order valence-electron chi connectivity index (χ2n) is 8.34. The third-order valence-corrected chi connectivity index (χ3v) is 5.99. The van der Waals surface area contributed by atoms with E-state index in [9.17, 15) is 9.59 Å². The second kappa shape index (κ2) is 12.0. The quantitative estimate of drug-likeness (QED) is 0.348. The third kappa shape index (κ3) is 7.23. The molecule has 2 aliphatic rings. The van der Waals surface area contributed by atoms with Gasteiger partial charge in [-0.15, -0.1) is 0 Å². The van der Waals surface area contributed by atoms with E-state index in [4.69, 9.17) is 9.90 Å². The van der Waals surface area contributed by atoms with Crippen LogP contribution >= 0.6 is 0 Å². The maximum atomic E-state index is 12.5. The number of amides is 2. The molecule has 0 radical (unpaired) electrons. The molecule has 10 nitrogen and oxygen atoms in total. The summed E-state index contributed by atoms with van der Waals surface area (Å²) in [6, 6.07) is 4.17. The largest absolute Gasteiger partial charge is 0.483 e. The lowest BCUT2D eigenvalue weighted by Gasteiger charge is -2.30. The van der Waals surface area contributed by atoms with Crippen molar-refractivity contribution in [3.05, 3.63) is 42.0 Å². The molecule has 0 aromatic carbocycles. The van der Waals surface area contributed by atoms with Gasteiger partial charge in [0, 0.05) is 50.5 Å². The smallest absolute Gasteiger partial charge is 0.290 e. The highest BCUT2D eigenvalue weighted by atomic mass is 16.3. The van der Waals surface area contributed by atoms with Crippen LogP contribution in [0.4, 0.5) is 0 Å². The average molecular weight is 445 g/mol. The Bertz CT molecular complexity index is 835. The third-order valence-electron chi connectivity index (χ3n) is 5.99. The summed E-state index contributed by atoms with van der Waals surface area (Å²) in [5, 5.41) is 19.7. The first-order valence-corrected chi connectivity index (χ1v) is 11.1. The van der Waals surface area contributed by atoms with Crippen molar-refractivity contribution in [1.29, 1.82) is 0 Å². The highest BCUT2D eigenvalue weighted by Crippen LogP contribution is 2.35. The van der Waals surface area contributed by atoms with E-state index in [1.165, 1.54) is 12.8 Å². The van der Waals surface area contributed by atoms with Crippen molar-refractivity contribution in [2.75, 3.05) is 19.6 Å². The van der Waals surface area contributed by atoms with Crippen LogP contribution in [-0.4, -0.2) is 75.2 Å². The highest BCUT2D eigenvalue weighted by Gasteiger charge is 2.38. The first-order valence-electron chi connectivity index (χ1n) is 11.1. The summed E-state index contributed by atoms with van der Waals surface area (Å²) in [6.45, 7) is 2.04. The van der Waals surface area contributed by atoms with Crippen LogP contribution in [0.2, 0.25) is 0 Å². The SMILES string of the molecule is O=C(C[C@H]1CC[C@@H](CNC(=O)c2ccc[nH]2)N1CC1CC1)NCCc1cn[nH]c1.O=CO. The van der Waals surface area contributed by atoms with E-state index in [2.05, 4.69) is 30.7 Å². The number of aromatic nitrogens is 3. The number of aromatic amines is 2. The van der Waals surface area contributed by atoms with Gasteiger partial charge in [-0.25, -0.2) is 0 Å². The van der Waals surface area contributed by atoms with Crippen molar-refractivity contribution < 1.29 is 19.5 Å². The molecule has 2 aromatic rings. The number of hydrogen-bond acceptors (Lipinski definition) is 5. The minimum Gasteiger partial charge on any atom is -0.483 e. The fourth-order valence-electron chi connectivity index (χ4n) is 4.17. The monoisotopic (exact) mass is 444 g/mol. The Hall–Kier alpha value is -3.14. The number of rotatable bonds is 10. The fraction of sp³-hybridized carbons (Fsp3) is 0.545. The fourth-order valence-corrected chi connectivity index (χ4v) is 4.17. The summed E-state index contributed by atoms with van der Waals surface area (Å²) >= 11 is 0. The lowest BCUT2D eigenvalue weighted by Crippen LogP contribution is -2.45. The molecule has 4 rings (SSSR count). The van der Waals surface area contributed by atoms with E-state index in [1.54, 1.807) is 18.5 Å². The van der Waals surface area contributed by atoms with E-state index < -0.39 is 0 Å². The van der Waals surface area contributed by atoms with E-state index in [0.717, 1.165) is 37.3 Å². The molecule has 10 heteroatoms. The molecular formula is C22H32N6O4. The van der Waals surface area contributed by atoms with Gasteiger partial charge >= 0.3 is 0 Å². The van der Waals surface area contributed by atoms with Crippen LogP contribution in [-0.2, 0) is 16.0 Å². The van der Waals surface area contributed by atoms with Crippen molar-refractivity contribution in [3.63, 3.8) is 0 Å². The van der Waals surface area contributed by atoms with Crippen molar-refractivity contribution in [2.24, 2.45) is 5.92 Å². The van der Waals surface area contributed by atoms with Gasteiger partial charge in [0.15, 0.2) is 0 Å². The second-order valence-corrected chi connectivity index (χ2v) is 8.34. The van der Waals surface area contributed by atoms with Gasteiger partial charge in [0.25, 0.3) is 12.4 Å². The molecule has 5 N–H and O–H groups in total. The van der Waals surface area contributed by atoms with E-state index in [0.29, 0.717) is 31.2 Å². The minimum atomic E-state index is -0.250. The van der Waals surface area contributed by atoms with Crippen LogP contribution in [0.5, 0.6) is 0 Å². The Morgan fingerprint density at radius 3 is 2.66 bits per heavy atom. The van der Waals surface area contributed by atoms with Crippen LogP contribution < -0.4 is 10.6 Å². The number of H-pyrrole nitrogens is 2.